The lowest BCUT2D eigenvalue weighted by atomic mass is 9.82. The van der Waals surface area contributed by atoms with Crippen LogP contribution in [0.5, 0.6) is 23.0 Å². The monoisotopic (exact) mass is 745 g/mol. The molecule has 0 saturated heterocycles. The Kier molecular flexibility index (Phi) is 12.3. The van der Waals surface area contributed by atoms with E-state index < -0.39 is 0 Å². The minimum absolute atomic E-state index is 0.0235. The Labute approximate surface area is 317 Å². The summed E-state index contributed by atoms with van der Waals surface area (Å²) in [7, 11) is 6.76. The predicted octanol–water partition coefficient (Wildman–Crippen LogP) is 7.75. The third-order valence-electron chi connectivity index (χ3n) is 10.8. The Morgan fingerprint density at radius 1 is 0.788 bits per heavy atom. The van der Waals surface area contributed by atoms with Gasteiger partial charge >= 0.3 is 0 Å². The van der Waals surface area contributed by atoms with Crippen molar-refractivity contribution in [2.45, 2.75) is 64.5 Å². The Bertz CT molecular complexity index is 1770. The lowest BCUT2D eigenvalue weighted by Crippen LogP contribution is -2.40. The van der Waals surface area contributed by atoms with Gasteiger partial charge < -0.3 is 23.8 Å². The Balaban J connectivity index is 1.24. The molecule has 6 rings (SSSR count). The van der Waals surface area contributed by atoms with Crippen molar-refractivity contribution in [1.82, 2.24) is 14.7 Å². The zero-order valence-electron chi connectivity index (χ0n) is 31.2. The van der Waals surface area contributed by atoms with E-state index in [1.54, 1.807) is 64.5 Å². The second-order valence-electron chi connectivity index (χ2n) is 13.9. The van der Waals surface area contributed by atoms with E-state index in [1.807, 2.05) is 0 Å². The third kappa shape index (κ3) is 7.63. The van der Waals surface area contributed by atoms with Crippen LogP contribution in [-0.2, 0) is 12.8 Å². The summed E-state index contributed by atoms with van der Waals surface area (Å²) in [4.78, 5) is 32.4. The maximum Gasteiger partial charge on any atom is 0.261 e. The maximum absolute atomic E-state index is 13.0. The van der Waals surface area contributed by atoms with E-state index in [0.717, 1.165) is 79.7 Å². The minimum atomic E-state index is -0.236. The summed E-state index contributed by atoms with van der Waals surface area (Å²) >= 11 is 7.69. The highest BCUT2D eigenvalue weighted by Gasteiger charge is 2.37. The zero-order chi connectivity index (χ0) is 36.9. The van der Waals surface area contributed by atoms with Gasteiger partial charge in [0, 0.05) is 31.4 Å². The van der Waals surface area contributed by atoms with Crippen LogP contribution in [0.3, 0.4) is 0 Å². The molecule has 0 spiro atoms. The molecule has 3 aromatic carbocycles. The van der Waals surface area contributed by atoms with Crippen LogP contribution in [-0.4, -0.2) is 91.2 Å². The highest BCUT2D eigenvalue weighted by molar-refractivity contribution is 8.22. The fourth-order valence-electron chi connectivity index (χ4n) is 8.09. The molecular weight excluding hydrogens is 695 g/mol. The first-order valence-corrected chi connectivity index (χ1v) is 19.7. The number of carbonyl (C=O) groups excluding carboxylic acids is 2. The minimum Gasteiger partial charge on any atom is -0.493 e. The molecule has 2 amide bonds. The standard InChI is InChI=1S/C41H51N3O6S2/c1-7-8-15-42-16-13-27-22-35(47-3)37(49-5)24-31(27)33(42)20-26(2)21-34-32-25-38(50-6)36(48-4)23-28(32)14-17-43(34)41(51)52-19-18-44-39(45)29-11-9-10-12-30(29)40(44)46/h9-12,22-26,33-34H,7-8,13-21H2,1-6H3. The number of nitrogens with zero attached hydrogens (tertiary/aromatic N) is 3. The normalized spacial score (nSPS) is 18.8. The molecule has 0 bridgehead atoms. The number of imide groups is 1. The van der Waals surface area contributed by atoms with E-state index in [2.05, 4.69) is 47.9 Å². The van der Waals surface area contributed by atoms with Crippen LogP contribution in [0, 0.1) is 5.92 Å². The average Bonchev–Trinajstić information content (AvgIpc) is 3.41. The van der Waals surface area contributed by atoms with E-state index in [-0.39, 0.29) is 23.9 Å². The molecule has 0 N–H and O–H groups in total. The molecule has 0 aromatic heterocycles. The summed E-state index contributed by atoms with van der Waals surface area (Å²) in [6, 6.07) is 15.9. The first kappa shape index (κ1) is 37.9. The summed E-state index contributed by atoms with van der Waals surface area (Å²) in [6.07, 6.45) is 6.00. The molecule has 9 nitrogen and oxygen atoms in total. The van der Waals surface area contributed by atoms with Gasteiger partial charge in [0.15, 0.2) is 23.0 Å². The number of rotatable bonds is 14. The van der Waals surface area contributed by atoms with Crippen molar-refractivity contribution in [2.75, 3.05) is 60.4 Å². The van der Waals surface area contributed by atoms with Crippen molar-refractivity contribution < 1.29 is 28.5 Å². The lowest BCUT2D eigenvalue weighted by molar-refractivity contribution is 0.0664. The van der Waals surface area contributed by atoms with Gasteiger partial charge in [-0.05, 0) is 103 Å². The largest absolute Gasteiger partial charge is 0.493 e. The number of unbranched alkanes of at least 4 members (excludes halogenated alkanes) is 1. The molecule has 3 atom stereocenters. The molecule has 11 heteroatoms. The predicted molar refractivity (Wildman–Crippen MR) is 210 cm³/mol. The SMILES string of the molecule is CCCCN1CCc2cc(OC)c(OC)cc2C1CC(C)CC1c2cc(OC)c(OC)cc2CCN1C(=S)SCCN1C(=O)c2ccccc2C1=O. The van der Waals surface area contributed by atoms with Gasteiger partial charge in [0.1, 0.15) is 4.32 Å². The lowest BCUT2D eigenvalue weighted by Gasteiger charge is -2.42. The van der Waals surface area contributed by atoms with Gasteiger partial charge in [-0.15, -0.1) is 0 Å². The fourth-order valence-corrected chi connectivity index (χ4v) is 9.40. The van der Waals surface area contributed by atoms with Gasteiger partial charge in [0.05, 0.1) is 45.6 Å². The molecule has 52 heavy (non-hydrogen) atoms. The second-order valence-corrected chi connectivity index (χ2v) is 15.7. The average molecular weight is 746 g/mol. The maximum atomic E-state index is 13.0. The number of hydrogen-bond donors (Lipinski definition) is 0. The van der Waals surface area contributed by atoms with Crippen molar-refractivity contribution in [1.29, 1.82) is 0 Å². The zero-order valence-corrected chi connectivity index (χ0v) is 32.9. The second kappa shape index (κ2) is 16.9. The number of benzene rings is 3. The number of carbonyl (C=O) groups is 2. The van der Waals surface area contributed by atoms with E-state index in [9.17, 15) is 9.59 Å². The number of thioether (sulfide) groups is 1. The highest BCUT2D eigenvalue weighted by atomic mass is 32.2. The summed E-state index contributed by atoms with van der Waals surface area (Å²) < 4.78 is 23.7. The molecule has 3 aromatic rings. The van der Waals surface area contributed by atoms with Crippen molar-refractivity contribution >= 4 is 40.1 Å². The fraction of sp³-hybridized carbons (Fsp3) is 0.488. The molecule has 0 radical (unpaired) electrons. The van der Waals surface area contributed by atoms with Crippen LogP contribution in [0.1, 0.15) is 94.6 Å². The van der Waals surface area contributed by atoms with Crippen LogP contribution in [0.4, 0.5) is 0 Å². The Morgan fingerprint density at radius 2 is 1.31 bits per heavy atom. The number of amides is 2. The molecular formula is C41H51N3O6S2. The van der Waals surface area contributed by atoms with Crippen molar-refractivity contribution in [2.24, 2.45) is 5.92 Å². The van der Waals surface area contributed by atoms with Gasteiger partial charge in [-0.25, -0.2) is 0 Å². The van der Waals surface area contributed by atoms with Crippen LogP contribution in [0.25, 0.3) is 0 Å². The van der Waals surface area contributed by atoms with Crippen molar-refractivity contribution in [3.05, 3.63) is 81.9 Å². The molecule has 3 unspecified atom stereocenters. The summed E-state index contributed by atoms with van der Waals surface area (Å²) in [6.45, 7) is 7.76. The van der Waals surface area contributed by atoms with Gasteiger partial charge in [-0.3, -0.25) is 19.4 Å². The smallest absolute Gasteiger partial charge is 0.261 e. The van der Waals surface area contributed by atoms with Crippen LogP contribution in [0.15, 0.2) is 48.5 Å². The first-order chi connectivity index (χ1) is 25.2. The van der Waals surface area contributed by atoms with Gasteiger partial charge in [-0.2, -0.15) is 0 Å². The van der Waals surface area contributed by atoms with Gasteiger partial charge in [0.2, 0.25) is 0 Å². The summed E-state index contributed by atoms with van der Waals surface area (Å²) in [5, 5.41) is 0. The van der Waals surface area contributed by atoms with Gasteiger partial charge in [0.25, 0.3) is 11.8 Å². The quantitative estimate of drug-likeness (QED) is 0.121. The van der Waals surface area contributed by atoms with Crippen LogP contribution in [0.2, 0.25) is 0 Å². The molecule has 0 fully saturated rings. The van der Waals surface area contributed by atoms with Gasteiger partial charge in [-0.1, -0.05) is 56.4 Å². The third-order valence-corrected chi connectivity index (χ3v) is 12.3. The molecule has 3 aliphatic heterocycles. The van der Waals surface area contributed by atoms with Crippen molar-refractivity contribution in [3.63, 3.8) is 0 Å². The summed E-state index contributed by atoms with van der Waals surface area (Å²) in [5.41, 5.74) is 6.06. The Morgan fingerprint density at radius 3 is 1.87 bits per heavy atom. The van der Waals surface area contributed by atoms with E-state index in [4.69, 9.17) is 31.2 Å². The molecule has 3 heterocycles. The molecule has 0 saturated carbocycles. The highest BCUT2D eigenvalue weighted by Crippen LogP contribution is 2.45. The number of ether oxygens (including phenoxy) is 4. The number of fused-ring (bicyclic) bond motifs is 3. The van der Waals surface area contributed by atoms with Crippen molar-refractivity contribution in [3.8, 4) is 23.0 Å². The Hall–Kier alpha value is -3.80. The molecule has 0 aliphatic carbocycles. The topological polar surface area (TPSA) is 80.8 Å². The number of hydrogen-bond acceptors (Lipinski definition) is 9. The number of thiocarbonyl (C=S) groups is 1. The number of methoxy groups -OCH3 is 4. The van der Waals surface area contributed by atoms with Crippen LogP contribution >= 0.6 is 24.0 Å². The van der Waals surface area contributed by atoms with E-state index >= 15 is 0 Å². The first-order valence-electron chi connectivity index (χ1n) is 18.3. The summed E-state index contributed by atoms with van der Waals surface area (Å²) in [5.74, 6) is 3.38. The molecule has 3 aliphatic rings. The molecule has 278 valence electrons. The van der Waals surface area contributed by atoms with E-state index in [0.29, 0.717) is 35.1 Å². The van der Waals surface area contributed by atoms with Crippen LogP contribution < -0.4 is 18.9 Å². The van der Waals surface area contributed by atoms with E-state index in [1.165, 1.54) is 27.2 Å².